The van der Waals surface area contributed by atoms with Crippen molar-refractivity contribution >= 4 is 15.9 Å². The van der Waals surface area contributed by atoms with E-state index in [1.807, 2.05) is 18.7 Å². The van der Waals surface area contributed by atoms with Crippen molar-refractivity contribution in [3.05, 3.63) is 0 Å². The van der Waals surface area contributed by atoms with E-state index in [1.165, 1.54) is 10.7 Å². The molecule has 2 saturated heterocycles. The fourth-order valence-electron chi connectivity index (χ4n) is 4.67. The molecule has 1 saturated carbocycles. The molecule has 2 aliphatic heterocycles. The Hall–Kier alpha value is -0.700. The maximum absolute atomic E-state index is 13.3. The molecule has 1 aliphatic carbocycles. The van der Waals surface area contributed by atoms with Gasteiger partial charge in [0.1, 0.15) is 0 Å². The van der Waals surface area contributed by atoms with E-state index in [2.05, 4.69) is 5.32 Å². The largest absolute Gasteiger partial charge is 0.378 e. The lowest BCUT2D eigenvalue weighted by Gasteiger charge is -2.43. The van der Waals surface area contributed by atoms with E-state index in [0.29, 0.717) is 32.1 Å². The summed E-state index contributed by atoms with van der Waals surface area (Å²) >= 11 is 0. The van der Waals surface area contributed by atoms with Crippen molar-refractivity contribution in [1.29, 1.82) is 0 Å². The minimum absolute atomic E-state index is 0.00899. The Bertz CT molecular complexity index is 602. The van der Waals surface area contributed by atoms with Gasteiger partial charge in [-0.25, -0.2) is 8.42 Å². The van der Waals surface area contributed by atoms with Crippen LogP contribution in [0.5, 0.6) is 0 Å². The van der Waals surface area contributed by atoms with Crippen molar-refractivity contribution in [2.75, 3.05) is 51.6 Å². The first kappa shape index (κ1) is 20.0. The van der Waals surface area contributed by atoms with Crippen molar-refractivity contribution in [2.24, 2.45) is 11.3 Å². The summed E-state index contributed by atoms with van der Waals surface area (Å²) < 4.78 is 31.8. The van der Waals surface area contributed by atoms with Crippen molar-refractivity contribution in [3.8, 4) is 0 Å². The van der Waals surface area contributed by atoms with Gasteiger partial charge in [-0.05, 0) is 39.2 Å². The molecule has 26 heavy (non-hydrogen) atoms. The fraction of sp³-hybridized carbons (Fsp3) is 0.944. The summed E-state index contributed by atoms with van der Waals surface area (Å²) in [6.07, 6.45) is 4.46. The molecule has 0 unspecified atom stereocenters. The second-order valence-corrected chi connectivity index (χ2v) is 10.2. The first-order chi connectivity index (χ1) is 12.3. The lowest BCUT2D eigenvalue weighted by Crippen LogP contribution is -2.56. The van der Waals surface area contributed by atoms with Crippen molar-refractivity contribution in [1.82, 2.24) is 14.5 Å². The number of piperazine rings is 1. The Morgan fingerprint density at radius 2 is 1.96 bits per heavy atom. The summed E-state index contributed by atoms with van der Waals surface area (Å²) in [7, 11) is -3.31. The third-order valence-electron chi connectivity index (χ3n) is 6.18. The van der Waals surface area contributed by atoms with Crippen LogP contribution in [0.25, 0.3) is 0 Å². The third-order valence-corrected chi connectivity index (χ3v) is 8.01. The fourth-order valence-corrected chi connectivity index (χ4v) is 5.96. The maximum Gasteiger partial charge on any atom is 0.230 e. The molecule has 1 amide bonds. The van der Waals surface area contributed by atoms with Crippen LogP contribution in [0.4, 0.5) is 0 Å². The van der Waals surface area contributed by atoms with Crippen LogP contribution in [0.3, 0.4) is 0 Å². The van der Waals surface area contributed by atoms with Gasteiger partial charge in [0.25, 0.3) is 0 Å². The minimum atomic E-state index is -3.31. The first-order valence-electron chi connectivity index (χ1n) is 9.95. The molecule has 2 heterocycles. The molecule has 0 radical (unpaired) electrons. The van der Waals surface area contributed by atoms with E-state index >= 15 is 0 Å². The monoisotopic (exact) mass is 387 g/mol. The van der Waals surface area contributed by atoms with Gasteiger partial charge in [0.05, 0.1) is 23.9 Å². The normalized spacial score (nSPS) is 30.6. The maximum atomic E-state index is 13.3. The van der Waals surface area contributed by atoms with Crippen LogP contribution in [-0.2, 0) is 19.6 Å². The van der Waals surface area contributed by atoms with Crippen molar-refractivity contribution in [2.45, 2.75) is 45.6 Å². The second kappa shape index (κ2) is 8.12. The zero-order valence-electron chi connectivity index (χ0n) is 16.1. The molecule has 1 N–H and O–H groups in total. The molecule has 0 aromatic rings. The molecule has 0 bridgehead atoms. The van der Waals surface area contributed by atoms with Crippen molar-refractivity contribution < 1.29 is 17.9 Å². The van der Waals surface area contributed by atoms with Gasteiger partial charge in [-0.2, -0.15) is 4.31 Å². The summed E-state index contributed by atoms with van der Waals surface area (Å²) in [6.45, 7) is 7.51. The van der Waals surface area contributed by atoms with Gasteiger partial charge < -0.3 is 15.0 Å². The number of nitrogens with zero attached hydrogens (tertiary/aromatic N) is 2. The number of hydrogen-bond donors (Lipinski definition) is 1. The van der Waals surface area contributed by atoms with Crippen molar-refractivity contribution in [3.63, 3.8) is 0 Å². The number of carbonyl (C=O) groups excluding carboxylic acids is 1. The zero-order valence-corrected chi connectivity index (χ0v) is 16.9. The molecular weight excluding hydrogens is 354 g/mol. The molecule has 0 spiro atoms. The van der Waals surface area contributed by atoms with Crippen LogP contribution in [0.15, 0.2) is 0 Å². The number of hydrogen-bond acceptors (Lipinski definition) is 5. The zero-order chi connectivity index (χ0) is 18.8. The number of amides is 1. The van der Waals surface area contributed by atoms with Gasteiger partial charge in [-0.15, -0.1) is 0 Å². The van der Waals surface area contributed by atoms with Crippen LogP contribution in [0.1, 0.15) is 39.5 Å². The lowest BCUT2D eigenvalue weighted by molar-refractivity contribution is -0.146. The number of ether oxygens (including phenoxy) is 1. The van der Waals surface area contributed by atoms with E-state index in [0.717, 1.165) is 32.4 Å². The molecular formula is C18H33N3O4S. The average molecular weight is 388 g/mol. The van der Waals surface area contributed by atoms with Gasteiger partial charge >= 0.3 is 0 Å². The van der Waals surface area contributed by atoms with Gasteiger partial charge in [-0.3, -0.25) is 4.79 Å². The third kappa shape index (κ3) is 4.08. The number of sulfonamides is 1. The molecule has 0 aromatic carbocycles. The molecule has 150 valence electrons. The minimum Gasteiger partial charge on any atom is -0.378 e. The number of nitrogens with one attached hydrogen (secondary N) is 1. The first-order valence-corrected chi connectivity index (χ1v) is 11.6. The molecule has 8 heteroatoms. The SMILES string of the molecule is CC(C)OCCS(=O)(=O)N1CCN(C(=O)[C@@]23CCCC[C@H]2CNC3)CC1. The number of fused-ring (bicyclic) bond motifs is 1. The van der Waals surface area contributed by atoms with Crippen LogP contribution in [0.2, 0.25) is 0 Å². The van der Waals surface area contributed by atoms with Gasteiger partial charge in [0.15, 0.2) is 0 Å². The molecule has 3 rings (SSSR count). The van der Waals surface area contributed by atoms with Crippen LogP contribution < -0.4 is 5.32 Å². The summed E-state index contributed by atoms with van der Waals surface area (Å²) in [5, 5.41) is 3.42. The van der Waals surface area contributed by atoms with Crippen LogP contribution in [0, 0.1) is 11.3 Å². The average Bonchev–Trinajstić information content (AvgIpc) is 3.06. The summed E-state index contributed by atoms with van der Waals surface area (Å²) in [6, 6.07) is 0. The molecule has 3 aliphatic rings. The smallest absolute Gasteiger partial charge is 0.230 e. The van der Waals surface area contributed by atoms with Gasteiger partial charge in [-0.1, -0.05) is 12.8 Å². The van der Waals surface area contributed by atoms with Gasteiger partial charge in [0, 0.05) is 32.7 Å². The highest BCUT2D eigenvalue weighted by atomic mass is 32.2. The predicted octanol–water partition coefficient (Wildman–Crippen LogP) is 0.665. The lowest BCUT2D eigenvalue weighted by atomic mass is 9.67. The highest BCUT2D eigenvalue weighted by molar-refractivity contribution is 7.89. The summed E-state index contributed by atoms with van der Waals surface area (Å²) in [5.74, 6) is 0.695. The standard InChI is InChI=1S/C18H33N3O4S/c1-15(2)25-11-12-26(23,24)21-9-7-20(8-10-21)17(22)18-6-4-3-5-16(18)13-19-14-18/h15-16,19H,3-14H2,1-2H3/t16-,18+/m0/s1. The van der Waals surface area contributed by atoms with Gasteiger partial charge in [0.2, 0.25) is 15.9 Å². The van der Waals surface area contributed by atoms with E-state index < -0.39 is 10.0 Å². The Morgan fingerprint density at radius 3 is 2.65 bits per heavy atom. The molecule has 0 aromatic heterocycles. The topological polar surface area (TPSA) is 79.0 Å². The van der Waals surface area contributed by atoms with E-state index in [1.54, 1.807) is 0 Å². The number of carbonyl (C=O) groups is 1. The second-order valence-electron chi connectivity index (χ2n) is 8.16. The Morgan fingerprint density at radius 1 is 1.23 bits per heavy atom. The quantitative estimate of drug-likeness (QED) is 0.725. The molecule has 2 atom stereocenters. The van der Waals surface area contributed by atoms with E-state index in [-0.39, 0.29) is 29.8 Å². The van der Waals surface area contributed by atoms with E-state index in [4.69, 9.17) is 4.74 Å². The summed E-state index contributed by atoms with van der Waals surface area (Å²) in [4.78, 5) is 15.2. The van der Waals surface area contributed by atoms with E-state index in [9.17, 15) is 13.2 Å². The summed E-state index contributed by atoms with van der Waals surface area (Å²) in [5.41, 5.74) is -0.246. The van der Waals surface area contributed by atoms with Crippen LogP contribution in [-0.4, -0.2) is 81.3 Å². The number of rotatable bonds is 6. The predicted molar refractivity (Wildman–Crippen MR) is 100 cm³/mol. The Kier molecular flexibility index (Phi) is 6.26. The Balaban J connectivity index is 1.55. The highest BCUT2D eigenvalue weighted by Crippen LogP contribution is 2.45. The Labute approximate surface area is 157 Å². The molecule has 7 nitrogen and oxygen atoms in total. The molecule has 3 fully saturated rings. The highest BCUT2D eigenvalue weighted by Gasteiger charge is 2.51. The van der Waals surface area contributed by atoms with Crippen LogP contribution >= 0.6 is 0 Å².